The number of alkyl halides is 3. The quantitative estimate of drug-likeness (QED) is 0.644. The molecule has 0 amide bonds. The maximum atomic E-state index is 10.5. The summed E-state index contributed by atoms with van der Waals surface area (Å²) in [7, 11) is 0. The molecule has 0 aromatic heterocycles. The molecule has 2 N–H and O–H groups in total. The van der Waals surface area contributed by atoms with Crippen LogP contribution in [0.3, 0.4) is 0 Å². The SMILES string of the molecule is C[C@@H]1CC[NH2+]C[C@H](C)C1.O=C([O-])C(F)(F)F. The van der Waals surface area contributed by atoms with Gasteiger partial charge in [-0.25, -0.2) is 0 Å². The van der Waals surface area contributed by atoms with E-state index in [4.69, 9.17) is 9.90 Å². The second kappa shape index (κ2) is 6.73. The predicted molar refractivity (Wildman–Crippen MR) is 50.3 cm³/mol. The van der Waals surface area contributed by atoms with Gasteiger partial charge in [-0.15, -0.1) is 0 Å². The summed E-state index contributed by atoms with van der Waals surface area (Å²) < 4.78 is 31.5. The molecule has 1 rings (SSSR count). The van der Waals surface area contributed by atoms with Crippen molar-refractivity contribution in [2.45, 2.75) is 32.9 Å². The van der Waals surface area contributed by atoms with Gasteiger partial charge >= 0.3 is 6.18 Å². The highest BCUT2D eigenvalue weighted by atomic mass is 19.4. The van der Waals surface area contributed by atoms with Crippen LogP contribution in [0.5, 0.6) is 0 Å². The van der Waals surface area contributed by atoms with Gasteiger partial charge in [0.05, 0.1) is 13.1 Å². The summed E-state index contributed by atoms with van der Waals surface area (Å²) >= 11 is 0. The highest BCUT2D eigenvalue weighted by molar-refractivity contribution is 5.70. The van der Waals surface area contributed by atoms with E-state index in [0.717, 1.165) is 11.8 Å². The standard InChI is InChI=1S/C8H17N.C2HF3O2/c1-7-3-4-9-6-8(2)5-7;3-2(4,5)1(6)7/h7-9H,3-6H2,1-2H3;(H,6,7)/t7-,8-;/m1./s1. The Hall–Kier alpha value is -0.780. The highest BCUT2D eigenvalue weighted by Gasteiger charge is 2.28. The zero-order valence-corrected chi connectivity index (χ0v) is 9.51. The number of nitrogens with two attached hydrogens (primary N) is 1. The minimum atomic E-state index is -5.19. The van der Waals surface area contributed by atoms with Crippen LogP contribution in [0.2, 0.25) is 0 Å². The molecule has 0 unspecified atom stereocenters. The van der Waals surface area contributed by atoms with E-state index in [0.29, 0.717) is 0 Å². The van der Waals surface area contributed by atoms with Gasteiger partial charge in [0.15, 0.2) is 0 Å². The van der Waals surface area contributed by atoms with Gasteiger partial charge in [-0.05, 0) is 18.8 Å². The van der Waals surface area contributed by atoms with E-state index in [1.54, 1.807) is 0 Å². The van der Waals surface area contributed by atoms with Gasteiger partial charge in [0, 0.05) is 5.92 Å². The van der Waals surface area contributed by atoms with Gasteiger partial charge in [-0.1, -0.05) is 13.8 Å². The van der Waals surface area contributed by atoms with Crippen LogP contribution >= 0.6 is 0 Å². The van der Waals surface area contributed by atoms with Gasteiger partial charge in [0.2, 0.25) is 0 Å². The van der Waals surface area contributed by atoms with Crippen LogP contribution in [0.1, 0.15) is 26.7 Å². The first-order chi connectivity index (χ1) is 7.23. The van der Waals surface area contributed by atoms with Crippen LogP contribution in [0, 0.1) is 11.8 Å². The summed E-state index contributed by atoms with van der Waals surface area (Å²) in [6, 6.07) is 0. The number of carboxylic acids is 1. The molecule has 1 fully saturated rings. The first kappa shape index (κ1) is 15.2. The minimum Gasteiger partial charge on any atom is -0.542 e. The Labute approximate surface area is 93.0 Å². The largest absolute Gasteiger partial charge is 0.542 e. The molecule has 96 valence electrons. The van der Waals surface area contributed by atoms with Gasteiger partial charge in [-0.3, -0.25) is 0 Å². The number of halogens is 3. The van der Waals surface area contributed by atoms with Crippen LogP contribution in [0.15, 0.2) is 0 Å². The molecule has 2 atom stereocenters. The summed E-state index contributed by atoms with van der Waals surface area (Å²) in [5.74, 6) is -1.09. The highest BCUT2D eigenvalue weighted by Crippen LogP contribution is 2.14. The van der Waals surface area contributed by atoms with Crippen LogP contribution in [-0.4, -0.2) is 25.2 Å². The third kappa shape index (κ3) is 7.50. The average molecular weight is 241 g/mol. The average Bonchev–Trinajstić information content (AvgIpc) is 2.28. The molecule has 3 nitrogen and oxygen atoms in total. The number of aliphatic carboxylic acids is 1. The Balaban J connectivity index is 0.000000293. The fourth-order valence-corrected chi connectivity index (χ4v) is 1.71. The first-order valence-corrected chi connectivity index (χ1v) is 5.33. The smallest absolute Gasteiger partial charge is 0.430 e. The number of carboxylic acid groups (broad SMARTS) is 1. The zero-order valence-electron chi connectivity index (χ0n) is 9.51. The number of hydrogen-bond acceptors (Lipinski definition) is 2. The van der Waals surface area contributed by atoms with Crippen molar-refractivity contribution < 1.29 is 28.4 Å². The van der Waals surface area contributed by atoms with Crippen LogP contribution < -0.4 is 10.4 Å². The van der Waals surface area contributed by atoms with E-state index in [1.807, 2.05) is 0 Å². The third-order valence-corrected chi connectivity index (χ3v) is 2.47. The molecule has 6 heteroatoms. The molecule has 0 aliphatic carbocycles. The summed E-state index contributed by atoms with van der Waals surface area (Å²) in [4.78, 5) is 8.78. The molecule has 1 aliphatic rings. The summed E-state index contributed by atoms with van der Waals surface area (Å²) in [5, 5.41) is 11.2. The molecule has 16 heavy (non-hydrogen) atoms. The lowest BCUT2D eigenvalue weighted by Crippen LogP contribution is -2.84. The monoisotopic (exact) mass is 241 g/mol. The molecule has 0 radical (unpaired) electrons. The van der Waals surface area contributed by atoms with E-state index in [2.05, 4.69) is 19.2 Å². The third-order valence-electron chi connectivity index (χ3n) is 2.47. The zero-order chi connectivity index (χ0) is 12.8. The second-order valence-electron chi connectivity index (χ2n) is 4.33. The van der Waals surface area contributed by atoms with Gasteiger partial charge < -0.3 is 15.2 Å². The number of carbonyl (C=O) groups excluding carboxylic acids is 1. The Bertz CT molecular complexity index is 209. The molecular formula is C10H18F3NO2. The summed E-state index contributed by atoms with van der Waals surface area (Å²) in [6.07, 6.45) is -2.33. The lowest BCUT2D eigenvalue weighted by atomic mass is 9.97. The van der Waals surface area contributed by atoms with E-state index in [9.17, 15) is 13.2 Å². The predicted octanol–water partition coefficient (Wildman–Crippen LogP) is -0.0856. The summed E-state index contributed by atoms with van der Waals surface area (Å²) in [6.45, 7) is 7.43. The fraction of sp³-hybridized carbons (Fsp3) is 0.900. The lowest BCUT2D eigenvalue weighted by molar-refractivity contribution is -0.657. The minimum absolute atomic E-state index is 0.947. The molecule has 0 saturated carbocycles. The maximum Gasteiger partial charge on any atom is 0.430 e. The lowest BCUT2D eigenvalue weighted by Gasteiger charge is -2.07. The van der Waals surface area contributed by atoms with E-state index < -0.39 is 12.1 Å². The normalized spacial score (nSPS) is 26.3. The molecule has 0 aromatic carbocycles. The Morgan fingerprint density at radius 2 is 1.81 bits per heavy atom. The maximum absolute atomic E-state index is 10.5. The number of carbonyl (C=O) groups is 1. The number of rotatable bonds is 0. The molecule has 0 aromatic rings. The van der Waals surface area contributed by atoms with Crippen molar-refractivity contribution in [3.63, 3.8) is 0 Å². The van der Waals surface area contributed by atoms with Gasteiger partial charge in [0.1, 0.15) is 5.97 Å². The molecule has 0 bridgehead atoms. The van der Waals surface area contributed by atoms with E-state index >= 15 is 0 Å². The van der Waals surface area contributed by atoms with Crippen LogP contribution in [0.25, 0.3) is 0 Å². The Morgan fingerprint density at radius 1 is 1.31 bits per heavy atom. The molecule has 1 aliphatic heterocycles. The van der Waals surface area contributed by atoms with Crippen molar-refractivity contribution in [1.82, 2.24) is 0 Å². The Kier molecular flexibility index (Phi) is 6.40. The van der Waals surface area contributed by atoms with Crippen molar-refractivity contribution in [3.05, 3.63) is 0 Å². The van der Waals surface area contributed by atoms with Gasteiger partial charge in [0.25, 0.3) is 0 Å². The number of quaternary nitrogens is 1. The van der Waals surface area contributed by atoms with Crippen LogP contribution in [-0.2, 0) is 4.79 Å². The molecule has 0 spiro atoms. The molecule has 1 saturated heterocycles. The topological polar surface area (TPSA) is 56.7 Å². The number of hydrogen-bond donors (Lipinski definition) is 1. The second-order valence-corrected chi connectivity index (χ2v) is 4.33. The summed E-state index contributed by atoms with van der Waals surface area (Å²) in [5.41, 5.74) is 0. The van der Waals surface area contributed by atoms with Crippen LogP contribution in [0.4, 0.5) is 13.2 Å². The van der Waals surface area contributed by atoms with Crippen molar-refractivity contribution in [2.24, 2.45) is 11.8 Å². The Morgan fingerprint density at radius 3 is 2.25 bits per heavy atom. The van der Waals surface area contributed by atoms with Crippen molar-refractivity contribution in [3.8, 4) is 0 Å². The van der Waals surface area contributed by atoms with Crippen molar-refractivity contribution in [1.29, 1.82) is 0 Å². The first-order valence-electron chi connectivity index (χ1n) is 5.33. The van der Waals surface area contributed by atoms with Crippen molar-refractivity contribution >= 4 is 5.97 Å². The molecule has 1 heterocycles. The van der Waals surface area contributed by atoms with E-state index in [-0.39, 0.29) is 0 Å². The van der Waals surface area contributed by atoms with Crippen molar-refractivity contribution in [2.75, 3.05) is 13.1 Å². The van der Waals surface area contributed by atoms with Gasteiger partial charge in [-0.2, -0.15) is 13.2 Å². The van der Waals surface area contributed by atoms with E-state index in [1.165, 1.54) is 25.9 Å². The fourth-order valence-electron chi connectivity index (χ4n) is 1.71. The molecular weight excluding hydrogens is 223 g/mol.